The van der Waals surface area contributed by atoms with Gasteiger partial charge >= 0.3 is 0 Å². The molecule has 2 saturated heterocycles. The van der Waals surface area contributed by atoms with E-state index in [1.54, 1.807) is 12.4 Å². The molecule has 0 saturated carbocycles. The molecule has 2 aliphatic heterocycles. The van der Waals surface area contributed by atoms with Crippen LogP contribution in [0.25, 0.3) is 10.9 Å². The second kappa shape index (κ2) is 9.17. The Morgan fingerprint density at radius 2 is 1.89 bits per heavy atom. The minimum atomic E-state index is 0.180. The van der Waals surface area contributed by atoms with E-state index in [0.29, 0.717) is 24.5 Å². The molecule has 2 atom stereocenters. The van der Waals surface area contributed by atoms with Crippen molar-refractivity contribution in [3.05, 3.63) is 89.4 Å². The topological polar surface area (TPSA) is 73.9 Å². The molecule has 2 N–H and O–H groups in total. The summed E-state index contributed by atoms with van der Waals surface area (Å²) in [6.45, 7) is 2.79. The number of H-pyrrole nitrogens is 1. The van der Waals surface area contributed by atoms with Crippen LogP contribution in [0.15, 0.2) is 67.1 Å². The van der Waals surface area contributed by atoms with Crippen LogP contribution in [0.4, 0.5) is 5.69 Å². The maximum Gasteiger partial charge on any atom is 0.254 e. The number of piperidine rings is 1. The fourth-order valence-corrected chi connectivity index (χ4v) is 6.10. The van der Waals surface area contributed by atoms with Crippen molar-refractivity contribution >= 4 is 22.5 Å². The van der Waals surface area contributed by atoms with Gasteiger partial charge in [-0.15, -0.1) is 0 Å². The number of carbonyl (C=O) groups is 1. The van der Waals surface area contributed by atoms with Crippen molar-refractivity contribution in [2.75, 3.05) is 5.32 Å². The third-order valence-corrected chi connectivity index (χ3v) is 7.87. The minimum Gasteiger partial charge on any atom is -0.381 e. The molecule has 2 aromatic carbocycles. The molecule has 4 aromatic rings. The van der Waals surface area contributed by atoms with Gasteiger partial charge in [-0.2, -0.15) is 5.10 Å². The normalized spacial score (nSPS) is 21.4. The van der Waals surface area contributed by atoms with Crippen molar-refractivity contribution in [2.45, 2.75) is 57.7 Å². The van der Waals surface area contributed by atoms with Crippen LogP contribution in [0.3, 0.4) is 0 Å². The average Bonchev–Trinajstić information content (AvgIpc) is 3.47. The highest BCUT2D eigenvalue weighted by atomic mass is 16.2. The number of fused-ring (bicyclic) bond motifs is 3. The lowest BCUT2D eigenvalue weighted by molar-refractivity contribution is 0.0525. The van der Waals surface area contributed by atoms with Gasteiger partial charge in [0.05, 0.1) is 11.7 Å². The number of hydrogen-bond acceptors (Lipinski definition) is 4. The number of pyridine rings is 1. The predicted molar refractivity (Wildman–Crippen MR) is 138 cm³/mol. The van der Waals surface area contributed by atoms with Gasteiger partial charge in [-0.1, -0.05) is 18.2 Å². The van der Waals surface area contributed by atoms with Gasteiger partial charge in [0.2, 0.25) is 0 Å². The van der Waals surface area contributed by atoms with E-state index in [-0.39, 0.29) is 5.91 Å². The van der Waals surface area contributed by atoms with Crippen molar-refractivity contribution in [3.63, 3.8) is 0 Å². The SMILES string of the molecule is Cc1ccc(C(=O)N2C3CCC2CC(Cc2cccc4[nH]ncc24)C3)cc1NCc1ccncc1. The summed E-state index contributed by atoms with van der Waals surface area (Å²) in [5, 5.41) is 12.0. The highest BCUT2D eigenvalue weighted by Gasteiger charge is 2.43. The molecule has 1 amide bonds. The van der Waals surface area contributed by atoms with E-state index in [9.17, 15) is 4.79 Å². The second-order valence-corrected chi connectivity index (χ2v) is 10.1. The van der Waals surface area contributed by atoms with Crippen molar-refractivity contribution in [1.29, 1.82) is 0 Å². The fourth-order valence-electron chi connectivity index (χ4n) is 6.10. The number of rotatable bonds is 6. The summed E-state index contributed by atoms with van der Waals surface area (Å²) < 4.78 is 0. The Bertz CT molecular complexity index is 1330. The molecule has 6 nitrogen and oxygen atoms in total. The first-order chi connectivity index (χ1) is 17.2. The number of nitrogens with one attached hydrogen (secondary N) is 2. The van der Waals surface area contributed by atoms with Crippen LogP contribution in [0.1, 0.15) is 52.7 Å². The monoisotopic (exact) mass is 465 g/mol. The first-order valence-corrected chi connectivity index (χ1v) is 12.6. The summed E-state index contributed by atoms with van der Waals surface area (Å²) in [5.74, 6) is 0.785. The van der Waals surface area contributed by atoms with E-state index in [1.807, 2.05) is 30.5 Å². The lowest BCUT2D eigenvalue weighted by Gasteiger charge is -2.39. The summed E-state index contributed by atoms with van der Waals surface area (Å²) in [6.07, 6.45) is 11.0. The number of hydrogen-bond donors (Lipinski definition) is 2. The largest absolute Gasteiger partial charge is 0.381 e. The van der Waals surface area contributed by atoms with Crippen LogP contribution in [0.2, 0.25) is 0 Å². The van der Waals surface area contributed by atoms with Gasteiger partial charge in [-0.25, -0.2) is 0 Å². The third-order valence-electron chi connectivity index (χ3n) is 7.87. The maximum atomic E-state index is 13.7. The van der Waals surface area contributed by atoms with E-state index in [0.717, 1.165) is 54.4 Å². The Labute approximate surface area is 205 Å². The van der Waals surface area contributed by atoms with E-state index in [4.69, 9.17) is 0 Å². The van der Waals surface area contributed by atoms with E-state index in [2.05, 4.69) is 56.6 Å². The zero-order valence-corrected chi connectivity index (χ0v) is 20.1. The summed E-state index contributed by atoms with van der Waals surface area (Å²) in [7, 11) is 0. The van der Waals surface area contributed by atoms with Crippen molar-refractivity contribution in [2.24, 2.45) is 5.92 Å². The van der Waals surface area contributed by atoms with E-state index >= 15 is 0 Å². The van der Waals surface area contributed by atoms with Crippen LogP contribution in [-0.2, 0) is 13.0 Å². The highest BCUT2D eigenvalue weighted by molar-refractivity contribution is 5.96. The summed E-state index contributed by atoms with van der Waals surface area (Å²) in [5.41, 5.74) is 6.58. The molecule has 2 bridgehead atoms. The van der Waals surface area contributed by atoms with Gasteiger partial charge in [-0.3, -0.25) is 14.9 Å². The van der Waals surface area contributed by atoms with Gasteiger partial charge in [0.15, 0.2) is 0 Å². The first-order valence-electron chi connectivity index (χ1n) is 12.6. The van der Waals surface area contributed by atoms with Gasteiger partial charge in [0.1, 0.15) is 0 Å². The van der Waals surface area contributed by atoms with Gasteiger partial charge in [0, 0.05) is 47.7 Å². The standard InChI is InChI=1S/C29H31N5O/c1-19-5-6-23(16-28(19)31-17-20-9-11-30-12-10-20)29(35)34-24-7-8-25(34)15-21(14-24)13-22-3-2-4-27-26(22)18-32-33-27/h2-6,9-12,16,18,21,24-25,31H,7-8,13-15,17H2,1H3,(H,32,33). The van der Waals surface area contributed by atoms with Gasteiger partial charge in [-0.05, 0) is 92.0 Å². The van der Waals surface area contributed by atoms with Crippen molar-refractivity contribution in [3.8, 4) is 0 Å². The molecule has 0 radical (unpaired) electrons. The lowest BCUT2D eigenvalue weighted by atomic mass is 9.84. The molecule has 2 aromatic heterocycles. The van der Waals surface area contributed by atoms with Crippen LogP contribution >= 0.6 is 0 Å². The molecule has 4 heterocycles. The molecule has 2 aliphatic rings. The third kappa shape index (κ3) is 4.29. The number of aromatic nitrogens is 3. The predicted octanol–water partition coefficient (Wildman–Crippen LogP) is 5.50. The molecular formula is C29H31N5O. The second-order valence-electron chi connectivity index (χ2n) is 10.1. The Morgan fingerprint density at radius 3 is 2.69 bits per heavy atom. The Hall–Kier alpha value is -3.67. The molecule has 0 spiro atoms. The summed E-state index contributed by atoms with van der Waals surface area (Å²) >= 11 is 0. The van der Waals surface area contributed by atoms with Crippen molar-refractivity contribution in [1.82, 2.24) is 20.1 Å². The average molecular weight is 466 g/mol. The number of aromatic amines is 1. The Kier molecular flexibility index (Phi) is 5.72. The first kappa shape index (κ1) is 21.8. The van der Waals surface area contributed by atoms with Crippen LogP contribution < -0.4 is 5.32 Å². The molecule has 35 heavy (non-hydrogen) atoms. The molecule has 178 valence electrons. The Balaban J connectivity index is 1.16. The number of carbonyl (C=O) groups excluding carboxylic acids is 1. The summed E-state index contributed by atoms with van der Waals surface area (Å²) in [6, 6.07) is 17.2. The van der Waals surface area contributed by atoms with Crippen LogP contribution in [-0.4, -0.2) is 38.1 Å². The van der Waals surface area contributed by atoms with Gasteiger partial charge < -0.3 is 10.2 Å². The Morgan fingerprint density at radius 1 is 1.09 bits per heavy atom. The smallest absolute Gasteiger partial charge is 0.254 e. The maximum absolute atomic E-state index is 13.7. The molecule has 6 rings (SSSR count). The number of amides is 1. The fraction of sp³-hybridized carbons (Fsp3) is 0.345. The number of anilines is 1. The molecule has 2 fully saturated rings. The highest BCUT2D eigenvalue weighted by Crippen LogP contribution is 2.41. The molecular weight excluding hydrogens is 434 g/mol. The molecule has 0 aliphatic carbocycles. The zero-order chi connectivity index (χ0) is 23.8. The number of aryl methyl sites for hydroxylation is 1. The molecule has 2 unspecified atom stereocenters. The van der Waals surface area contributed by atoms with Crippen molar-refractivity contribution < 1.29 is 4.79 Å². The quantitative estimate of drug-likeness (QED) is 0.394. The van der Waals surface area contributed by atoms with E-state index in [1.165, 1.54) is 16.5 Å². The van der Waals surface area contributed by atoms with E-state index < -0.39 is 0 Å². The number of benzene rings is 2. The minimum absolute atomic E-state index is 0.180. The van der Waals surface area contributed by atoms with Crippen LogP contribution in [0, 0.1) is 12.8 Å². The van der Waals surface area contributed by atoms with Crippen LogP contribution in [0.5, 0.6) is 0 Å². The lowest BCUT2D eigenvalue weighted by Crippen LogP contribution is -2.46. The zero-order valence-electron chi connectivity index (χ0n) is 20.1. The molecule has 6 heteroatoms. The summed E-state index contributed by atoms with van der Waals surface area (Å²) in [4.78, 5) is 20.0. The van der Waals surface area contributed by atoms with Gasteiger partial charge in [0.25, 0.3) is 5.91 Å². The number of nitrogens with zero attached hydrogens (tertiary/aromatic N) is 3.